The van der Waals surface area contributed by atoms with Crippen molar-refractivity contribution in [2.45, 2.75) is 25.9 Å². The zero-order valence-corrected chi connectivity index (χ0v) is 17.7. The fourth-order valence-corrected chi connectivity index (χ4v) is 4.09. The number of carbonyl (C=O) groups is 1. The van der Waals surface area contributed by atoms with Gasteiger partial charge in [0.25, 0.3) is 5.91 Å². The van der Waals surface area contributed by atoms with Crippen LogP contribution >= 0.6 is 0 Å². The Balaban J connectivity index is 1.58. The highest BCUT2D eigenvalue weighted by atomic mass is 19.1. The van der Waals surface area contributed by atoms with Gasteiger partial charge in [0, 0.05) is 38.5 Å². The second kappa shape index (κ2) is 7.75. The lowest BCUT2D eigenvalue weighted by atomic mass is 10.1. The summed E-state index contributed by atoms with van der Waals surface area (Å²) >= 11 is 0. The molecule has 10 nitrogen and oxygen atoms in total. The Morgan fingerprint density at radius 3 is 2.94 bits per heavy atom. The number of fused-ring (bicyclic) bond motifs is 3. The van der Waals surface area contributed by atoms with Crippen LogP contribution in [0, 0.1) is 12.7 Å². The van der Waals surface area contributed by atoms with Gasteiger partial charge in [-0.15, -0.1) is 0 Å². The summed E-state index contributed by atoms with van der Waals surface area (Å²) in [5, 5.41) is 7.19. The molecule has 1 aliphatic rings. The van der Waals surface area contributed by atoms with E-state index < -0.39 is 5.91 Å². The van der Waals surface area contributed by atoms with Crippen molar-refractivity contribution in [2.24, 2.45) is 5.73 Å². The van der Waals surface area contributed by atoms with E-state index >= 15 is 0 Å². The molecular weight excluding hydrogens is 415 g/mol. The van der Waals surface area contributed by atoms with E-state index in [0.717, 1.165) is 23.9 Å². The number of amides is 1. The number of H-pyrrole nitrogens is 1. The van der Waals surface area contributed by atoms with Gasteiger partial charge in [-0.1, -0.05) is 0 Å². The Morgan fingerprint density at radius 2 is 2.25 bits per heavy atom. The van der Waals surface area contributed by atoms with Crippen molar-refractivity contribution in [3.8, 4) is 0 Å². The van der Waals surface area contributed by atoms with Gasteiger partial charge >= 0.3 is 0 Å². The van der Waals surface area contributed by atoms with Crippen molar-refractivity contribution in [3.05, 3.63) is 41.6 Å². The van der Waals surface area contributed by atoms with E-state index in [1.807, 2.05) is 0 Å². The van der Waals surface area contributed by atoms with Crippen LogP contribution in [0.15, 0.2) is 22.7 Å². The number of hydrogen-bond donors (Lipinski definition) is 4. The number of aromatic nitrogens is 4. The van der Waals surface area contributed by atoms with Gasteiger partial charge in [-0.2, -0.15) is 0 Å². The number of carbonyl (C=O) groups excluding carboxylic acids is 1. The molecule has 4 heterocycles. The zero-order chi connectivity index (χ0) is 22.4. The van der Waals surface area contributed by atoms with Crippen LogP contribution in [0.5, 0.6) is 0 Å². The van der Waals surface area contributed by atoms with Crippen LogP contribution in [0.3, 0.4) is 0 Å². The maximum atomic E-state index is 14.3. The Morgan fingerprint density at radius 1 is 1.41 bits per heavy atom. The molecule has 0 saturated carbocycles. The summed E-state index contributed by atoms with van der Waals surface area (Å²) in [6.45, 7) is 3.12. The van der Waals surface area contributed by atoms with E-state index in [1.165, 1.54) is 18.3 Å². The van der Waals surface area contributed by atoms with Gasteiger partial charge in [0.15, 0.2) is 11.7 Å². The van der Waals surface area contributed by atoms with Crippen LogP contribution in [-0.4, -0.2) is 52.0 Å². The second-order valence-corrected chi connectivity index (χ2v) is 7.86. The van der Waals surface area contributed by atoms with Crippen LogP contribution in [0.2, 0.25) is 0 Å². The van der Waals surface area contributed by atoms with Gasteiger partial charge in [0.05, 0.1) is 29.3 Å². The number of rotatable bonds is 5. The molecular formula is C21H23FN8O2. The predicted molar refractivity (Wildman–Crippen MR) is 118 cm³/mol. The van der Waals surface area contributed by atoms with Crippen molar-refractivity contribution < 1.29 is 13.6 Å². The minimum absolute atomic E-state index is 0.0349. The summed E-state index contributed by atoms with van der Waals surface area (Å²) < 4.78 is 19.6. The summed E-state index contributed by atoms with van der Waals surface area (Å²) in [5.74, 6) is 0.845. The second-order valence-electron chi connectivity index (χ2n) is 7.86. The number of benzene rings is 1. The maximum Gasteiger partial charge on any atom is 0.289 e. The lowest BCUT2D eigenvalue weighted by Gasteiger charge is -2.19. The van der Waals surface area contributed by atoms with Crippen molar-refractivity contribution in [1.82, 2.24) is 25.3 Å². The first-order valence-electron chi connectivity index (χ1n) is 10.3. The van der Waals surface area contributed by atoms with Gasteiger partial charge in [-0.05, 0) is 18.6 Å². The highest BCUT2D eigenvalue weighted by molar-refractivity contribution is 6.14. The number of oxazole rings is 1. The molecule has 1 unspecified atom stereocenters. The fourth-order valence-electron chi connectivity index (χ4n) is 4.09. The molecule has 5 rings (SSSR count). The summed E-state index contributed by atoms with van der Waals surface area (Å²) in [6.07, 6.45) is 2.21. The first-order valence-corrected chi connectivity index (χ1v) is 10.3. The lowest BCUT2D eigenvalue weighted by molar-refractivity contribution is 0.0921. The summed E-state index contributed by atoms with van der Waals surface area (Å²) in [6, 6.07) is 2.94. The highest BCUT2D eigenvalue weighted by Crippen LogP contribution is 2.36. The van der Waals surface area contributed by atoms with Gasteiger partial charge in [0.2, 0.25) is 5.76 Å². The number of hydrogen-bond acceptors (Lipinski definition) is 8. The minimum atomic E-state index is -0.407. The Hall–Kier alpha value is -3.73. The van der Waals surface area contributed by atoms with E-state index in [2.05, 4.69) is 30.5 Å². The minimum Gasteiger partial charge on any atom is -0.436 e. The Bertz CT molecular complexity index is 1330. The largest absolute Gasteiger partial charge is 0.436 e. The van der Waals surface area contributed by atoms with Crippen LogP contribution in [0.25, 0.3) is 21.9 Å². The molecule has 3 aromatic heterocycles. The molecule has 0 radical (unpaired) electrons. The summed E-state index contributed by atoms with van der Waals surface area (Å²) in [7, 11) is 1.73. The van der Waals surface area contributed by atoms with E-state index in [0.29, 0.717) is 40.8 Å². The van der Waals surface area contributed by atoms with Gasteiger partial charge in [-0.25, -0.2) is 19.3 Å². The molecule has 5 N–H and O–H groups in total. The van der Waals surface area contributed by atoms with Crippen molar-refractivity contribution in [1.29, 1.82) is 0 Å². The molecule has 11 heteroatoms. The number of nitrogens with two attached hydrogens (primary N) is 1. The Labute approximate surface area is 182 Å². The molecule has 1 fully saturated rings. The van der Waals surface area contributed by atoms with Crippen molar-refractivity contribution >= 4 is 39.3 Å². The number of halogens is 1. The van der Waals surface area contributed by atoms with E-state index in [9.17, 15) is 9.18 Å². The molecule has 1 atom stereocenters. The van der Waals surface area contributed by atoms with Crippen LogP contribution in [0.4, 0.5) is 15.9 Å². The van der Waals surface area contributed by atoms with Gasteiger partial charge in [-0.3, -0.25) is 4.79 Å². The fraction of sp³-hybridized carbons (Fsp3) is 0.333. The molecule has 1 amide bonds. The zero-order valence-electron chi connectivity index (χ0n) is 17.7. The number of nitrogens with zero attached hydrogens (tertiary/aromatic N) is 4. The third-order valence-electron chi connectivity index (χ3n) is 5.60. The first kappa shape index (κ1) is 20.2. The monoisotopic (exact) mass is 438 g/mol. The SMILES string of the molecule is CNc1cc(F)cc2c1[nH]c1nc(CNC(=O)c3cnc(C)o3)nc(N3CCC(N)C3)c12. The molecule has 0 aliphatic carbocycles. The van der Waals surface area contributed by atoms with Gasteiger partial charge < -0.3 is 30.7 Å². The third-order valence-corrected chi connectivity index (χ3v) is 5.60. The highest BCUT2D eigenvalue weighted by Gasteiger charge is 2.26. The van der Waals surface area contributed by atoms with Crippen LogP contribution in [0.1, 0.15) is 28.7 Å². The van der Waals surface area contributed by atoms with Crippen LogP contribution < -0.4 is 21.3 Å². The Kier molecular flexibility index (Phi) is 4.89. The summed E-state index contributed by atoms with van der Waals surface area (Å²) in [5.41, 5.74) is 8.05. The van der Waals surface area contributed by atoms with E-state index in [4.69, 9.17) is 15.1 Å². The third kappa shape index (κ3) is 3.50. The molecule has 4 aromatic rings. The molecule has 32 heavy (non-hydrogen) atoms. The van der Waals surface area contributed by atoms with Crippen molar-refractivity contribution in [3.63, 3.8) is 0 Å². The smallest absolute Gasteiger partial charge is 0.289 e. The molecule has 0 bridgehead atoms. The number of anilines is 2. The van der Waals surface area contributed by atoms with Crippen molar-refractivity contribution in [2.75, 3.05) is 30.4 Å². The molecule has 1 aromatic carbocycles. The number of nitrogens with one attached hydrogen (secondary N) is 3. The average molecular weight is 438 g/mol. The van der Waals surface area contributed by atoms with E-state index in [1.54, 1.807) is 14.0 Å². The van der Waals surface area contributed by atoms with Crippen LogP contribution in [-0.2, 0) is 6.54 Å². The van der Waals surface area contributed by atoms with E-state index in [-0.39, 0.29) is 24.2 Å². The standard InChI is InChI=1S/C21H23FN8O2/c1-10-25-7-15(32-10)21(31)26-8-16-27-19-17(20(28-16)30-4-3-12(23)9-30)13-5-11(22)6-14(24-2)18(13)29-19/h5-7,12,24H,3-4,8-9,23H2,1-2H3,(H,26,31)(H,27,28,29). The number of aryl methyl sites for hydroxylation is 1. The summed E-state index contributed by atoms with van der Waals surface area (Å²) in [4.78, 5) is 31.0. The molecule has 166 valence electrons. The normalized spacial score (nSPS) is 16.2. The molecule has 0 spiro atoms. The quantitative estimate of drug-likeness (QED) is 0.371. The molecule has 1 aliphatic heterocycles. The predicted octanol–water partition coefficient (Wildman–Crippen LogP) is 2.06. The topological polar surface area (TPSA) is 138 Å². The van der Waals surface area contributed by atoms with Gasteiger partial charge in [0.1, 0.15) is 17.3 Å². The average Bonchev–Trinajstić information content (AvgIpc) is 3.49. The lowest BCUT2D eigenvalue weighted by Crippen LogP contribution is -2.28. The maximum absolute atomic E-state index is 14.3. The first-order chi connectivity index (χ1) is 15.4. The molecule has 1 saturated heterocycles. The number of aromatic amines is 1.